The molecule has 3 rings (SSSR count). The second-order valence-corrected chi connectivity index (χ2v) is 8.15. The maximum Gasteiger partial charge on any atom is 0.244 e. The first-order valence-electron chi connectivity index (χ1n) is 8.17. The Kier molecular flexibility index (Phi) is 5.51. The number of benzene rings is 2. The molecular weight excluding hydrogens is 360 g/mol. The molecule has 0 unspecified atom stereocenters. The van der Waals surface area contributed by atoms with Crippen molar-refractivity contribution < 1.29 is 13.2 Å². The van der Waals surface area contributed by atoms with Gasteiger partial charge in [0.2, 0.25) is 10.0 Å². The van der Waals surface area contributed by atoms with Crippen molar-refractivity contribution in [2.75, 3.05) is 25.1 Å². The average molecular weight is 381 g/mol. The summed E-state index contributed by atoms with van der Waals surface area (Å²) in [5.41, 5.74) is 2.08. The van der Waals surface area contributed by atoms with Gasteiger partial charge in [0, 0.05) is 30.3 Å². The van der Waals surface area contributed by atoms with E-state index in [1.54, 1.807) is 12.1 Å². The van der Waals surface area contributed by atoms with Crippen LogP contribution >= 0.6 is 11.6 Å². The summed E-state index contributed by atoms with van der Waals surface area (Å²) in [5.74, 6) is 0.265. The van der Waals surface area contributed by atoms with Crippen LogP contribution in [0.4, 0.5) is 5.69 Å². The number of halogens is 1. The zero-order valence-electron chi connectivity index (χ0n) is 14.0. The Balaban J connectivity index is 1.71. The van der Waals surface area contributed by atoms with Crippen molar-refractivity contribution in [2.45, 2.75) is 24.3 Å². The molecule has 1 aliphatic rings. The number of sulfonamides is 1. The zero-order valence-corrected chi connectivity index (χ0v) is 15.6. The normalized spacial score (nSPS) is 14.7. The SMILES string of the molecule is COc1ccc(Cl)cc1S(=O)(=O)NCc1ccc(N2CCCC2)cc1. The first kappa shape index (κ1) is 18.0. The van der Waals surface area contributed by atoms with Crippen LogP contribution in [0.5, 0.6) is 5.75 Å². The number of ether oxygens (including phenoxy) is 1. The predicted octanol–water partition coefficient (Wildman–Crippen LogP) is 3.43. The molecular formula is C18H21ClN2O3S. The molecule has 1 N–H and O–H groups in total. The molecule has 0 aliphatic carbocycles. The van der Waals surface area contributed by atoms with Gasteiger partial charge in [-0.3, -0.25) is 0 Å². The number of rotatable bonds is 6. The Labute approximate surface area is 153 Å². The van der Waals surface area contributed by atoms with E-state index in [2.05, 4.69) is 9.62 Å². The molecule has 0 atom stereocenters. The van der Waals surface area contributed by atoms with Crippen LogP contribution in [0.15, 0.2) is 47.4 Å². The van der Waals surface area contributed by atoms with Crippen molar-refractivity contribution in [3.8, 4) is 5.75 Å². The number of nitrogens with one attached hydrogen (secondary N) is 1. The van der Waals surface area contributed by atoms with Crippen LogP contribution in [-0.4, -0.2) is 28.6 Å². The van der Waals surface area contributed by atoms with E-state index in [9.17, 15) is 8.42 Å². The fraction of sp³-hybridized carbons (Fsp3) is 0.333. The van der Waals surface area contributed by atoms with Crippen LogP contribution in [0, 0.1) is 0 Å². The lowest BCUT2D eigenvalue weighted by Gasteiger charge is -2.17. The van der Waals surface area contributed by atoms with Crippen LogP contribution in [0.3, 0.4) is 0 Å². The maximum absolute atomic E-state index is 12.6. The topological polar surface area (TPSA) is 58.6 Å². The molecule has 0 radical (unpaired) electrons. The lowest BCUT2D eigenvalue weighted by atomic mass is 10.2. The lowest BCUT2D eigenvalue weighted by molar-refractivity contribution is 0.402. The molecule has 25 heavy (non-hydrogen) atoms. The second kappa shape index (κ2) is 7.64. The van der Waals surface area contributed by atoms with E-state index in [1.165, 1.54) is 31.7 Å². The zero-order chi connectivity index (χ0) is 17.9. The Morgan fingerprint density at radius 3 is 2.44 bits per heavy atom. The summed E-state index contributed by atoms with van der Waals surface area (Å²) in [6, 6.07) is 12.5. The molecule has 1 fully saturated rings. The van der Waals surface area contributed by atoms with E-state index < -0.39 is 10.0 Å². The largest absolute Gasteiger partial charge is 0.495 e. The Morgan fingerprint density at radius 1 is 1.12 bits per heavy atom. The predicted molar refractivity (Wildman–Crippen MR) is 99.9 cm³/mol. The van der Waals surface area contributed by atoms with E-state index in [0.717, 1.165) is 18.7 Å². The van der Waals surface area contributed by atoms with Crippen molar-refractivity contribution in [1.82, 2.24) is 4.72 Å². The van der Waals surface area contributed by atoms with Crippen LogP contribution in [-0.2, 0) is 16.6 Å². The number of anilines is 1. The Hall–Kier alpha value is -1.76. The number of hydrogen-bond donors (Lipinski definition) is 1. The Bertz CT molecular complexity index is 832. The highest BCUT2D eigenvalue weighted by atomic mass is 35.5. The number of nitrogens with zero attached hydrogens (tertiary/aromatic N) is 1. The third-order valence-corrected chi connectivity index (χ3v) is 5.95. The second-order valence-electron chi connectivity index (χ2n) is 5.98. The van der Waals surface area contributed by atoms with Gasteiger partial charge in [-0.25, -0.2) is 13.1 Å². The van der Waals surface area contributed by atoms with Crippen LogP contribution < -0.4 is 14.4 Å². The highest BCUT2D eigenvalue weighted by Crippen LogP contribution is 2.27. The summed E-state index contributed by atoms with van der Waals surface area (Å²) in [5, 5.41) is 0.344. The molecule has 0 saturated carbocycles. The van der Waals surface area contributed by atoms with E-state index in [-0.39, 0.29) is 17.2 Å². The van der Waals surface area contributed by atoms with Gasteiger partial charge in [-0.1, -0.05) is 23.7 Å². The van der Waals surface area contributed by atoms with Crippen LogP contribution in [0.1, 0.15) is 18.4 Å². The highest BCUT2D eigenvalue weighted by Gasteiger charge is 2.20. The summed E-state index contributed by atoms with van der Waals surface area (Å²) in [7, 11) is -2.29. The summed E-state index contributed by atoms with van der Waals surface area (Å²) < 4.78 is 32.8. The molecule has 0 amide bonds. The minimum Gasteiger partial charge on any atom is -0.495 e. The molecule has 0 aromatic heterocycles. The maximum atomic E-state index is 12.6. The minimum atomic E-state index is -3.72. The minimum absolute atomic E-state index is 0.0381. The Morgan fingerprint density at radius 2 is 1.80 bits per heavy atom. The molecule has 7 heteroatoms. The van der Waals surface area contributed by atoms with Gasteiger partial charge in [-0.2, -0.15) is 0 Å². The molecule has 2 aromatic carbocycles. The van der Waals surface area contributed by atoms with Gasteiger partial charge in [0.25, 0.3) is 0 Å². The van der Waals surface area contributed by atoms with Gasteiger partial charge < -0.3 is 9.64 Å². The molecule has 1 saturated heterocycles. The molecule has 0 bridgehead atoms. The lowest BCUT2D eigenvalue weighted by Crippen LogP contribution is -2.24. The van der Waals surface area contributed by atoms with Crippen molar-refractivity contribution in [2.24, 2.45) is 0 Å². The first-order chi connectivity index (χ1) is 12.0. The van der Waals surface area contributed by atoms with Gasteiger partial charge >= 0.3 is 0 Å². The van der Waals surface area contributed by atoms with Crippen LogP contribution in [0.2, 0.25) is 5.02 Å². The molecule has 0 spiro atoms. The quantitative estimate of drug-likeness (QED) is 0.834. The van der Waals surface area contributed by atoms with Gasteiger partial charge in [0.05, 0.1) is 7.11 Å². The van der Waals surface area contributed by atoms with Crippen molar-refractivity contribution >= 4 is 27.3 Å². The van der Waals surface area contributed by atoms with Gasteiger partial charge in [0.15, 0.2) is 0 Å². The van der Waals surface area contributed by atoms with Crippen LogP contribution in [0.25, 0.3) is 0 Å². The smallest absolute Gasteiger partial charge is 0.244 e. The summed E-state index contributed by atoms with van der Waals surface area (Å²) in [6.07, 6.45) is 2.45. The van der Waals surface area contributed by atoms with E-state index in [0.29, 0.717) is 5.02 Å². The third-order valence-electron chi connectivity index (χ3n) is 4.29. The van der Waals surface area contributed by atoms with E-state index in [4.69, 9.17) is 16.3 Å². The van der Waals surface area contributed by atoms with Crippen molar-refractivity contribution in [3.05, 3.63) is 53.1 Å². The number of hydrogen-bond acceptors (Lipinski definition) is 4. The van der Waals surface area contributed by atoms with E-state index >= 15 is 0 Å². The monoisotopic (exact) mass is 380 g/mol. The van der Waals surface area contributed by atoms with Crippen molar-refractivity contribution in [1.29, 1.82) is 0 Å². The molecule has 134 valence electrons. The van der Waals surface area contributed by atoms with Gasteiger partial charge in [-0.15, -0.1) is 0 Å². The molecule has 1 heterocycles. The highest BCUT2D eigenvalue weighted by molar-refractivity contribution is 7.89. The summed E-state index contributed by atoms with van der Waals surface area (Å²) >= 11 is 5.92. The fourth-order valence-electron chi connectivity index (χ4n) is 2.92. The van der Waals surface area contributed by atoms with E-state index in [1.807, 2.05) is 24.3 Å². The van der Waals surface area contributed by atoms with Gasteiger partial charge in [0.1, 0.15) is 10.6 Å². The summed E-state index contributed by atoms with van der Waals surface area (Å²) in [6.45, 7) is 2.37. The molecule has 2 aromatic rings. The summed E-state index contributed by atoms with van der Waals surface area (Å²) in [4.78, 5) is 2.38. The molecule has 5 nitrogen and oxygen atoms in total. The van der Waals surface area contributed by atoms with Gasteiger partial charge in [-0.05, 0) is 48.7 Å². The third kappa shape index (κ3) is 4.26. The number of methoxy groups -OCH3 is 1. The average Bonchev–Trinajstić information content (AvgIpc) is 3.15. The fourth-order valence-corrected chi connectivity index (χ4v) is 4.36. The van der Waals surface area contributed by atoms with Crippen molar-refractivity contribution in [3.63, 3.8) is 0 Å². The first-order valence-corrected chi connectivity index (χ1v) is 10.0. The molecule has 1 aliphatic heterocycles. The standard InChI is InChI=1S/C18H21ClN2O3S/c1-24-17-9-6-15(19)12-18(17)25(22,23)20-13-14-4-7-16(8-5-14)21-10-2-3-11-21/h4-9,12,20H,2-3,10-11,13H2,1H3.